The van der Waals surface area contributed by atoms with Crippen LogP contribution in [0.5, 0.6) is 0 Å². The number of hydrogen-bond donors (Lipinski definition) is 2. The zero-order valence-corrected chi connectivity index (χ0v) is 11.5. The molecular weight excluding hydrogens is 212 g/mol. The van der Waals surface area contributed by atoms with Crippen molar-refractivity contribution in [3.05, 3.63) is 0 Å². The van der Waals surface area contributed by atoms with Crippen molar-refractivity contribution in [2.75, 3.05) is 20.1 Å². The highest BCUT2D eigenvalue weighted by molar-refractivity contribution is 4.87. The second kappa shape index (κ2) is 5.68. The molecule has 1 heterocycles. The van der Waals surface area contributed by atoms with Gasteiger partial charge in [0.1, 0.15) is 0 Å². The van der Waals surface area contributed by atoms with Gasteiger partial charge in [0.25, 0.3) is 0 Å². The molecular formula is C14H28N2O. The molecule has 0 aromatic heterocycles. The second-order valence-corrected chi connectivity index (χ2v) is 6.35. The van der Waals surface area contributed by atoms with E-state index in [4.69, 9.17) is 0 Å². The Morgan fingerprint density at radius 3 is 2.65 bits per heavy atom. The molecule has 3 nitrogen and oxygen atoms in total. The lowest BCUT2D eigenvalue weighted by Crippen LogP contribution is -2.51. The van der Waals surface area contributed by atoms with Gasteiger partial charge in [0.2, 0.25) is 0 Å². The average Bonchev–Trinajstić information content (AvgIpc) is 2.68. The van der Waals surface area contributed by atoms with Crippen LogP contribution in [0.2, 0.25) is 0 Å². The van der Waals surface area contributed by atoms with E-state index in [-0.39, 0.29) is 6.10 Å². The molecule has 0 aromatic rings. The first-order valence-electron chi connectivity index (χ1n) is 7.18. The maximum absolute atomic E-state index is 9.53. The van der Waals surface area contributed by atoms with E-state index in [0.29, 0.717) is 18.0 Å². The topological polar surface area (TPSA) is 35.5 Å². The van der Waals surface area contributed by atoms with Gasteiger partial charge in [0.15, 0.2) is 0 Å². The van der Waals surface area contributed by atoms with E-state index in [2.05, 4.69) is 31.1 Å². The number of aliphatic hydroxyl groups excluding tert-OH is 1. The molecule has 2 fully saturated rings. The summed E-state index contributed by atoms with van der Waals surface area (Å²) in [6.07, 6.45) is 4.43. The Labute approximate surface area is 106 Å². The highest BCUT2D eigenvalue weighted by Crippen LogP contribution is 2.26. The molecule has 0 amide bonds. The van der Waals surface area contributed by atoms with Crippen LogP contribution >= 0.6 is 0 Å². The van der Waals surface area contributed by atoms with Crippen molar-refractivity contribution in [2.24, 2.45) is 11.8 Å². The Morgan fingerprint density at radius 2 is 2.00 bits per heavy atom. The molecule has 2 aliphatic rings. The van der Waals surface area contributed by atoms with Crippen LogP contribution in [0.1, 0.15) is 39.5 Å². The number of piperidine rings is 1. The summed E-state index contributed by atoms with van der Waals surface area (Å²) in [5.41, 5.74) is 0. The van der Waals surface area contributed by atoms with Crippen molar-refractivity contribution in [3.63, 3.8) is 0 Å². The van der Waals surface area contributed by atoms with Gasteiger partial charge in [0, 0.05) is 18.6 Å². The Hall–Kier alpha value is -0.120. The molecule has 0 spiro atoms. The molecule has 0 bridgehead atoms. The Morgan fingerprint density at radius 1 is 1.24 bits per heavy atom. The monoisotopic (exact) mass is 240 g/mol. The predicted molar refractivity (Wildman–Crippen MR) is 71.0 cm³/mol. The van der Waals surface area contributed by atoms with Crippen LogP contribution in [0.3, 0.4) is 0 Å². The molecule has 100 valence electrons. The van der Waals surface area contributed by atoms with Crippen LogP contribution in [0.25, 0.3) is 0 Å². The largest absolute Gasteiger partial charge is 0.393 e. The van der Waals surface area contributed by atoms with Crippen molar-refractivity contribution in [3.8, 4) is 0 Å². The summed E-state index contributed by atoms with van der Waals surface area (Å²) < 4.78 is 0. The normalized spacial score (nSPS) is 44.1. The lowest BCUT2D eigenvalue weighted by molar-refractivity contribution is 0.118. The van der Waals surface area contributed by atoms with E-state index in [9.17, 15) is 5.11 Å². The number of likely N-dealkylation sites (tertiary alicyclic amines) is 1. The molecule has 1 aliphatic carbocycles. The van der Waals surface area contributed by atoms with Crippen LogP contribution < -0.4 is 5.32 Å². The lowest BCUT2D eigenvalue weighted by atomic mass is 9.89. The van der Waals surface area contributed by atoms with Gasteiger partial charge < -0.3 is 15.3 Å². The van der Waals surface area contributed by atoms with Crippen LogP contribution in [0, 0.1) is 11.8 Å². The fourth-order valence-electron chi connectivity index (χ4n) is 3.38. The predicted octanol–water partition coefficient (Wildman–Crippen LogP) is 1.47. The van der Waals surface area contributed by atoms with E-state index in [1.807, 2.05) is 0 Å². The van der Waals surface area contributed by atoms with E-state index in [1.165, 1.54) is 19.4 Å². The third kappa shape index (κ3) is 3.43. The maximum atomic E-state index is 9.53. The highest BCUT2D eigenvalue weighted by Gasteiger charge is 2.30. The number of hydrogen-bond acceptors (Lipinski definition) is 3. The minimum Gasteiger partial charge on any atom is -0.393 e. The van der Waals surface area contributed by atoms with Gasteiger partial charge in [-0.2, -0.15) is 0 Å². The Balaban J connectivity index is 1.75. The van der Waals surface area contributed by atoms with Gasteiger partial charge in [-0.3, -0.25) is 0 Å². The molecule has 1 saturated carbocycles. The molecule has 17 heavy (non-hydrogen) atoms. The SMILES string of the molecule is CC1CN(C)C(C)CC1NCC1CCC(O)C1. The van der Waals surface area contributed by atoms with Gasteiger partial charge in [-0.05, 0) is 58.0 Å². The molecule has 0 radical (unpaired) electrons. The molecule has 1 saturated heterocycles. The van der Waals surface area contributed by atoms with E-state index in [0.717, 1.165) is 25.3 Å². The van der Waals surface area contributed by atoms with Gasteiger partial charge in [-0.15, -0.1) is 0 Å². The van der Waals surface area contributed by atoms with Crippen LogP contribution in [-0.4, -0.2) is 48.3 Å². The highest BCUT2D eigenvalue weighted by atomic mass is 16.3. The summed E-state index contributed by atoms with van der Waals surface area (Å²) in [7, 11) is 2.23. The summed E-state index contributed by atoms with van der Waals surface area (Å²) >= 11 is 0. The van der Waals surface area contributed by atoms with Crippen molar-refractivity contribution >= 4 is 0 Å². The minimum absolute atomic E-state index is 0.0318. The number of aliphatic hydroxyl groups is 1. The quantitative estimate of drug-likeness (QED) is 0.784. The van der Waals surface area contributed by atoms with Gasteiger partial charge in [-0.1, -0.05) is 6.92 Å². The summed E-state index contributed by atoms with van der Waals surface area (Å²) in [6.45, 7) is 6.97. The van der Waals surface area contributed by atoms with Gasteiger partial charge in [-0.25, -0.2) is 0 Å². The zero-order valence-electron chi connectivity index (χ0n) is 11.5. The van der Waals surface area contributed by atoms with Gasteiger partial charge >= 0.3 is 0 Å². The number of nitrogens with zero attached hydrogens (tertiary/aromatic N) is 1. The number of nitrogens with one attached hydrogen (secondary N) is 1. The molecule has 2 rings (SSSR count). The lowest BCUT2D eigenvalue weighted by Gasteiger charge is -2.40. The fourth-order valence-corrected chi connectivity index (χ4v) is 3.38. The second-order valence-electron chi connectivity index (χ2n) is 6.35. The standard InChI is InChI=1S/C14H28N2O/c1-10-9-16(3)11(2)6-14(10)15-8-12-4-5-13(17)7-12/h10-15,17H,4-9H2,1-3H3. The van der Waals surface area contributed by atoms with E-state index >= 15 is 0 Å². The molecule has 1 aliphatic heterocycles. The van der Waals surface area contributed by atoms with Crippen LogP contribution in [-0.2, 0) is 0 Å². The summed E-state index contributed by atoms with van der Waals surface area (Å²) in [5.74, 6) is 1.44. The Kier molecular flexibility index (Phi) is 4.45. The van der Waals surface area contributed by atoms with E-state index < -0.39 is 0 Å². The van der Waals surface area contributed by atoms with Crippen molar-refractivity contribution in [1.82, 2.24) is 10.2 Å². The van der Waals surface area contributed by atoms with Gasteiger partial charge in [0.05, 0.1) is 6.10 Å². The molecule has 2 N–H and O–H groups in total. The van der Waals surface area contributed by atoms with Crippen molar-refractivity contribution in [1.29, 1.82) is 0 Å². The van der Waals surface area contributed by atoms with E-state index in [1.54, 1.807) is 0 Å². The number of rotatable bonds is 3. The first-order valence-corrected chi connectivity index (χ1v) is 7.18. The Bertz CT molecular complexity index is 246. The molecule has 3 heteroatoms. The fraction of sp³-hybridized carbons (Fsp3) is 1.00. The smallest absolute Gasteiger partial charge is 0.0543 e. The third-order valence-electron chi connectivity index (χ3n) is 4.79. The first kappa shape index (κ1) is 13.3. The first-order chi connectivity index (χ1) is 8.06. The minimum atomic E-state index is -0.0318. The third-order valence-corrected chi connectivity index (χ3v) is 4.79. The average molecular weight is 240 g/mol. The van der Waals surface area contributed by atoms with Crippen molar-refractivity contribution < 1.29 is 5.11 Å². The maximum Gasteiger partial charge on any atom is 0.0543 e. The molecule has 5 unspecified atom stereocenters. The zero-order chi connectivity index (χ0) is 12.4. The van der Waals surface area contributed by atoms with Crippen LogP contribution in [0.4, 0.5) is 0 Å². The summed E-state index contributed by atoms with van der Waals surface area (Å²) in [6, 6.07) is 1.36. The summed E-state index contributed by atoms with van der Waals surface area (Å²) in [4.78, 5) is 2.46. The summed E-state index contributed by atoms with van der Waals surface area (Å²) in [5, 5.41) is 13.3. The molecule has 0 aromatic carbocycles. The molecule has 5 atom stereocenters. The van der Waals surface area contributed by atoms with Crippen LogP contribution in [0.15, 0.2) is 0 Å². The van der Waals surface area contributed by atoms with Crippen molar-refractivity contribution in [2.45, 2.75) is 57.7 Å².